The second-order valence-electron chi connectivity index (χ2n) is 8.20. The normalized spacial score (nSPS) is 14.7. The van der Waals surface area contributed by atoms with Gasteiger partial charge < -0.3 is 20.5 Å². The van der Waals surface area contributed by atoms with Gasteiger partial charge in [0.1, 0.15) is 24.2 Å². The van der Waals surface area contributed by atoms with Crippen molar-refractivity contribution in [2.24, 2.45) is 0 Å². The van der Waals surface area contributed by atoms with E-state index in [1.807, 2.05) is 19.2 Å². The Labute approximate surface area is 196 Å². The molecular formula is C24H24FN9. The summed E-state index contributed by atoms with van der Waals surface area (Å²) in [4.78, 5) is 23.2. The predicted molar refractivity (Wildman–Crippen MR) is 128 cm³/mol. The van der Waals surface area contributed by atoms with Gasteiger partial charge in [0.2, 0.25) is 5.95 Å². The van der Waals surface area contributed by atoms with E-state index < -0.39 is 6.67 Å². The largest absolute Gasteiger partial charge is 0.354 e. The third-order valence-corrected chi connectivity index (χ3v) is 5.96. The van der Waals surface area contributed by atoms with E-state index in [9.17, 15) is 9.65 Å². The molecule has 0 saturated carbocycles. The summed E-state index contributed by atoms with van der Waals surface area (Å²) in [5.74, 6) is 1.35. The molecule has 0 amide bonds. The molecule has 172 valence electrons. The van der Waals surface area contributed by atoms with Crippen LogP contribution in [0.1, 0.15) is 29.7 Å². The van der Waals surface area contributed by atoms with Gasteiger partial charge in [-0.05, 0) is 24.6 Å². The molecule has 9 nitrogen and oxygen atoms in total. The van der Waals surface area contributed by atoms with Crippen LogP contribution in [0.2, 0.25) is 0 Å². The predicted octanol–water partition coefficient (Wildman–Crippen LogP) is 3.34. The van der Waals surface area contributed by atoms with E-state index in [4.69, 9.17) is 0 Å². The van der Waals surface area contributed by atoms with Crippen LogP contribution in [-0.2, 0) is 6.67 Å². The van der Waals surface area contributed by atoms with Crippen LogP contribution in [0.3, 0.4) is 0 Å². The Morgan fingerprint density at radius 1 is 1.18 bits per heavy atom. The number of aromatic amines is 1. The van der Waals surface area contributed by atoms with Crippen LogP contribution in [0.4, 0.5) is 16.2 Å². The van der Waals surface area contributed by atoms with Crippen molar-refractivity contribution >= 4 is 22.8 Å². The van der Waals surface area contributed by atoms with Gasteiger partial charge in [-0.25, -0.2) is 24.3 Å². The van der Waals surface area contributed by atoms with Crippen molar-refractivity contribution in [1.29, 1.82) is 5.26 Å². The van der Waals surface area contributed by atoms with E-state index >= 15 is 0 Å². The van der Waals surface area contributed by atoms with Crippen LogP contribution in [-0.4, -0.2) is 51.1 Å². The average Bonchev–Trinajstić information content (AvgIpc) is 3.32. The van der Waals surface area contributed by atoms with Crippen molar-refractivity contribution in [2.45, 2.75) is 19.6 Å². The highest BCUT2D eigenvalue weighted by atomic mass is 19.1. The zero-order valence-electron chi connectivity index (χ0n) is 18.7. The molecule has 1 unspecified atom stereocenters. The molecule has 0 bridgehead atoms. The van der Waals surface area contributed by atoms with Gasteiger partial charge in [-0.1, -0.05) is 6.07 Å². The molecule has 0 aliphatic carbocycles. The second kappa shape index (κ2) is 9.41. The summed E-state index contributed by atoms with van der Waals surface area (Å²) in [7, 11) is 0. The van der Waals surface area contributed by atoms with Crippen LogP contribution < -0.4 is 15.5 Å². The maximum absolute atomic E-state index is 13.2. The summed E-state index contributed by atoms with van der Waals surface area (Å²) in [6, 6.07) is 7.85. The van der Waals surface area contributed by atoms with Gasteiger partial charge in [-0.2, -0.15) is 5.26 Å². The van der Waals surface area contributed by atoms with Gasteiger partial charge in [-0.15, -0.1) is 0 Å². The first-order valence-corrected chi connectivity index (χ1v) is 11.1. The van der Waals surface area contributed by atoms with Gasteiger partial charge in [0.25, 0.3) is 0 Å². The maximum atomic E-state index is 13.2. The lowest BCUT2D eigenvalue weighted by molar-refractivity contribution is 0.485. The Morgan fingerprint density at radius 3 is 2.76 bits per heavy atom. The zero-order chi connectivity index (χ0) is 23.5. The molecule has 34 heavy (non-hydrogen) atoms. The number of nitriles is 1. The van der Waals surface area contributed by atoms with E-state index in [-0.39, 0.29) is 6.04 Å². The molecule has 1 atom stereocenters. The van der Waals surface area contributed by atoms with E-state index in [1.54, 1.807) is 12.3 Å². The minimum atomic E-state index is -0.617. The Morgan fingerprint density at radius 2 is 2.03 bits per heavy atom. The average molecular weight is 458 g/mol. The molecule has 4 aromatic heterocycles. The fourth-order valence-electron chi connectivity index (χ4n) is 4.07. The van der Waals surface area contributed by atoms with E-state index in [0.29, 0.717) is 39.4 Å². The Kier molecular flexibility index (Phi) is 6.01. The monoisotopic (exact) mass is 457 g/mol. The molecule has 0 aromatic carbocycles. The lowest BCUT2D eigenvalue weighted by atomic mass is 10.1. The van der Waals surface area contributed by atoms with Crippen LogP contribution in [0, 0.1) is 11.3 Å². The van der Waals surface area contributed by atoms with Gasteiger partial charge in [0.15, 0.2) is 0 Å². The highest BCUT2D eigenvalue weighted by molar-refractivity contribution is 5.94. The Hall–Kier alpha value is -4.10. The van der Waals surface area contributed by atoms with Crippen LogP contribution in [0.25, 0.3) is 22.3 Å². The quantitative estimate of drug-likeness (QED) is 0.403. The third-order valence-electron chi connectivity index (χ3n) is 5.96. The topological polar surface area (TPSA) is 118 Å². The summed E-state index contributed by atoms with van der Waals surface area (Å²) in [5, 5.41) is 17.0. The number of halogens is 1. The van der Waals surface area contributed by atoms with Gasteiger partial charge in [-0.3, -0.25) is 0 Å². The van der Waals surface area contributed by atoms with Crippen molar-refractivity contribution in [3.05, 3.63) is 59.7 Å². The number of hydrogen-bond donors (Lipinski definition) is 3. The molecule has 5 rings (SSSR count). The zero-order valence-corrected chi connectivity index (χ0v) is 18.7. The molecule has 0 spiro atoms. The minimum Gasteiger partial charge on any atom is -0.354 e. The minimum absolute atomic E-state index is 0.104. The number of piperazine rings is 1. The van der Waals surface area contributed by atoms with Crippen LogP contribution in [0.5, 0.6) is 0 Å². The van der Waals surface area contributed by atoms with E-state index in [0.717, 1.165) is 37.6 Å². The molecular weight excluding hydrogens is 433 g/mol. The van der Waals surface area contributed by atoms with Crippen molar-refractivity contribution in [1.82, 2.24) is 30.2 Å². The SMILES string of the molecule is CC(Nc1ncc(C#N)c(-c2c[nH]c3ncc(CF)cc23)n1)c1ccc(N2CCNCC2)nc1. The first-order valence-electron chi connectivity index (χ1n) is 11.1. The highest BCUT2D eigenvalue weighted by Crippen LogP contribution is 2.30. The number of rotatable bonds is 6. The number of H-pyrrole nitrogens is 1. The molecule has 1 saturated heterocycles. The van der Waals surface area contributed by atoms with Gasteiger partial charge in [0, 0.05) is 61.3 Å². The summed E-state index contributed by atoms with van der Waals surface area (Å²) >= 11 is 0. The standard InChI is InChI=1S/C24H24FN9/c1-15(17-2-3-21(28-12-17)34-6-4-27-5-7-34)32-24-31-13-18(10-26)22(33-24)20-14-30-23-19(20)8-16(9-25)11-29-23/h2-3,8,11-15,27H,4-7,9H2,1H3,(H,29,30)(H,31,32,33). The van der Waals surface area contributed by atoms with E-state index in [1.165, 1.54) is 12.4 Å². The smallest absolute Gasteiger partial charge is 0.223 e. The lowest BCUT2D eigenvalue weighted by Crippen LogP contribution is -2.43. The lowest BCUT2D eigenvalue weighted by Gasteiger charge is -2.28. The first-order chi connectivity index (χ1) is 16.7. The van der Waals surface area contributed by atoms with Gasteiger partial charge >= 0.3 is 0 Å². The number of aromatic nitrogens is 5. The van der Waals surface area contributed by atoms with E-state index in [2.05, 4.69) is 52.6 Å². The highest BCUT2D eigenvalue weighted by Gasteiger charge is 2.17. The summed E-state index contributed by atoms with van der Waals surface area (Å²) < 4.78 is 13.2. The summed E-state index contributed by atoms with van der Waals surface area (Å²) in [6.07, 6.45) is 6.58. The molecule has 4 aromatic rings. The molecule has 3 N–H and O–H groups in total. The second-order valence-corrected chi connectivity index (χ2v) is 8.20. The summed E-state index contributed by atoms with van der Waals surface area (Å²) in [6.45, 7) is 5.19. The number of alkyl halides is 1. The number of hydrogen-bond acceptors (Lipinski definition) is 8. The number of fused-ring (bicyclic) bond motifs is 1. The number of nitrogens with one attached hydrogen (secondary N) is 3. The maximum Gasteiger partial charge on any atom is 0.223 e. The number of anilines is 2. The Bertz CT molecular complexity index is 1340. The van der Waals surface area contributed by atoms with Crippen LogP contribution >= 0.6 is 0 Å². The van der Waals surface area contributed by atoms with Crippen molar-refractivity contribution in [2.75, 3.05) is 36.4 Å². The fourth-order valence-corrected chi connectivity index (χ4v) is 4.07. The molecule has 1 aliphatic heterocycles. The van der Waals surface area contributed by atoms with Crippen molar-refractivity contribution in [3.63, 3.8) is 0 Å². The molecule has 5 heterocycles. The molecule has 1 fully saturated rings. The molecule has 1 aliphatic rings. The molecule has 0 radical (unpaired) electrons. The summed E-state index contributed by atoms with van der Waals surface area (Å²) in [5.41, 5.74) is 3.53. The van der Waals surface area contributed by atoms with Crippen molar-refractivity contribution < 1.29 is 4.39 Å². The number of pyridine rings is 2. The first kappa shape index (κ1) is 21.7. The van der Waals surface area contributed by atoms with Crippen LogP contribution in [0.15, 0.2) is 43.0 Å². The molecule has 10 heteroatoms. The fraction of sp³-hybridized carbons (Fsp3) is 0.292. The third kappa shape index (κ3) is 4.25. The Balaban J connectivity index is 1.40. The van der Waals surface area contributed by atoms with Gasteiger partial charge in [0.05, 0.1) is 23.5 Å². The van der Waals surface area contributed by atoms with Crippen molar-refractivity contribution in [3.8, 4) is 17.3 Å². The number of nitrogens with zero attached hydrogens (tertiary/aromatic N) is 6.